The van der Waals surface area contributed by atoms with E-state index >= 15 is 0 Å². The van der Waals surface area contributed by atoms with Gasteiger partial charge in [-0.25, -0.2) is 15.0 Å². The predicted molar refractivity (Wildman–Crippen MR) is 108 cm³/mol. The molecule has 6 heteroatoms. The second-order valence-corrected chi connectivity index (χ2v) is 8.33. The van der Waals surface area contributed by atoms with Gasteiger partial charge in [0.2, 0.25) is 0 Å². The summed E-state index contributed by atoms with van der Waals surface area (Å²) in [5.41, 5.74) is 6.40. The molecule has 0 saturated carbocycles. The molecule has 1 atom stereocenters. The fourth-order valence-electron chi connectivity index (χ4n) is 4.03. The second-order valence-electron chi connectivity index (χ2n) is 7.04. The Morgan fingerprint density at radius 1 is 1.11 bits per heavy atom. The zero-order valence-corrected chi connectivity index (χ0v) is 16.3. The van der Waals surface area contributed by atoms with Crippen LogP contribution in [-0.4, -0.2) is 24.5 Å². The maximum absolute atomic E-state index is 4.88. The highest BCUT2D eigenvalue weighted by Gasteiger charge is 2.29. The SMILES string of the molecule is Cc1nc2c(s1)CCCC2n1cnc(-c2ccccc2)c1-c1nc[nH]c1C. The molecule has 27 heavy (non-hydrogen) atoms. The van der Waals surface area contributed by atoms with E-state index in [9.17, 15) is 0 Å². The molecule has 1 aliphatic carbocycles. The van der Waals surface area contributed by atoms with Gasteiger partial charge in [-0.05, 0) is 33.1 Å². The number of imidazole rings is 2. The molecule has 0 radical (unpaired) electrons. The van der Waals surface area contributed by atoms with Crippen molar-refractivity contribution in [3.63, 3.8) is 0 Å². The number of H-pyrrole nitrogens is 1. The van der Waals surface area contributed by atoms with E-state index < -0.39 is 0 Å². The Morgan fingerprint density at radius 2 is 1.96 bits per heavy atom. The minimum absolute atomic E-state index is 0.217. The van der Waals surface area contributed by atoms with E-state index in [2.05, 4.69) is 52.6 Å². The van der Waals surface area contributed by atoms with Crippen molar-refractivity contribution < 1.29 is 0 Å². The smallest absolute Gasteiger partial charge is 0.110 e. The number of hydrogen-bond donors (Lipinski definition) is 1. The molecular formula is C21H21N5S. The first-order valence-electron chi connectivity index (χ1n) is 9.31. The summed E-state index contributed by atoms with van der Waals surface area (Å²) in [6.45, 7) is 4.16. The average molecular weight is 376 g/mol. The Labute approximate surface area is 162 Å². The normalized spacial score (nSPS) is 16.4. The molecule has 0 spiro atoms. The number of aromatic nitrogens is 5. The van der Waals surface area contributed by atoms with Crippen LogP contribution in [-0.2, 0) is 6.42 Å². The molecule has 5 nitrogen and oxygen atoms in total. The van der Waals surface area contributed by atoms with Crippen molar-refractivity contribution in [3.05, 3.63) is 64.3 Å². The number of fused-ring (bicyclic) bond motifs is 1. The van der Waals surface area contributed by atoms with Crippen molar-refractivity contribution in [2.24, 2.45) is 0 Å². The molecule has 0 bridgehead atoms. The van der Waals surface area contributed by atoms with E-state index in [0.29, 0.717) is 0 Å². The van der Waals surface area contributed by atoms with Crippen molar-refractivity contribution in [2.75, 3.05) is 0 Å². The van der Waals surface area contributed by atoms with Crippen LogP contribution in [0.4, 0.5) is 0 Å². The van der Waals surface area contributed by atoms with Crippen LogP contribution in [0.5, 0.6) is 0 Å². The van der Waals surface area contributed by atoms with Gasteiger partial charge in [0.05, 0.1) is 40.8 Å². The highest BCUT2D eigenvalue weighted by atomic mass is 32.1. The van der Waals surface area contributed by atoms with Gasteiger partial charge in [-0.3, -0.25) is 0 Å². The molecule has 4 aromatic rings. The molecule has 0 saturated heterocycles. The van der Waals surface area contributed by atoms with Crippen molar-refractivity contribution in [2.45, 2.75) is 39.2 Å². The lowest BCUT2D eigenvalue weighted by molar-refractivity contribution is 0.485. The largest absolute Gasteiger partial charge is 0.348 e. The van der Waals surface area contributed by atoms with E-state index in [1.165, 1.54) is 17.0 Å². The summed E-state index contributed by atoms with van der Waals surface area (Å²) >= 11 is 1.83. The van der Waals surface area contributed by atoms with Crippen LogP contribution >= 0.6 is 11.3 Å². The van der Waals surface area contributed by atoms with Gasteiger partial charge < -0.3 is 9.55 Å². The standard InChI is InChI=1S/C21H21N5S/c1-13-18(23-11-22-13)21-19(15-7-4-3-5-8-15)24-12-26(21)16-9-6-10-17-20(16)25-14(2)27-17/h3-5,7-8,11-12,16H,6,9-10H2,1-2H3,(H,22,23). The number of benzene rings is 1. The molecule has 1 unspecified atom stereocenters. The molecule has 0 amide bonds. The molecule has 0 aliphatic heterocycles. The van der Waals surface area contributed by atoms with Crippen molar-refractivity contribution in [1.29, 1.82) is 0 Å². The van der Waals surface area contributed by atoms with Crippen LogP contribution in [0, 0.1) is 13.8 Å². The van der Waals surface area contributed by atoms with Gasteiger partial charge in [-0.1, -0.05) is 30.3 Å². The zero-order chi connectivity index (χ0) is 18.4. The summed E-state index contributed by atoms with van der Waals surface area (Å²) in [7, 11) is 0. The Balaban J connectivity index is 1.73. The molecule has 3 heterocycles. The highest BCUT2D eigenvalue weighted by molar-refractivity contribution is 7.11. The van der Waals surface area contributed by atoms with Crippen LogP contribution in [0.3, 0.4) is 0 Å². The highest BCUT2D eigenvalue weighted by Crippen LogP contribution is 2.40. The van der Waals surface area contributed by atoms with Gasteiger partial charge in [0.1, 0.15) is 5.69 Å². The van der Waals surface area contributed by atoms with Gasteiger partial charge in [0, 0.05) is 16.1 Å². The van der Waals surface area contributed by atoms with Crippen molar-refractivity contribution >= 4 is 11.3 Å². The first-order valence-corrected chi connectivity index (χ1v) is 10.1. The van der Waals surface area contributed by atoms with Gasteiger partial charge >= 0.3 is 0 Å². The topological polar surface area (TPSA) is 59.4 Å². The summed E-state index contributed by atoms with van der Waals surface area (Å²) in [5.74, 6) is 0. The Bertz CT molecular complexity index is 1090. The summed E-state index contributed by atoms with van der Waals surface area (Å²) in [4.78, 5) is 19.0. The summed E-state index contributed by atoms with van der Waals surface area (Å²) < 4.78 is 2.29. The molecule has 1 N–H and O–H groups in total. The van der Waals surface area contributed by atoms with Gasteiger partial charge in [-0.2, -0.15) is 0 Å². The quantitative estimate of drug-likeness (QED) is 0.552. The third kappa shape index (κ3) is 2.72. The molecule has 1 aliphatic rings. The fraction of sp³-hybridized carbons (Fsp3) is 0.286. The molecule has 3 aromatic heterocycles. The van der Waals surface area contributed by atoms with E-state index in [1.807, 2.05) is 23.7 Å². The van der Waals surface area contributed by atoms with Crippen LogP contribution < -0.4 is 0 Å². The number of aromatic amines is 1. The van der Waals surface area contributed by atoms with Crippen LogP contribution in [0.25, 0.3) is 22.6 Å². The number of nitrogens with one attached hydrogen (secondary N) is 1. The van der Waals surface area contributed by atoms with Crippen LogP contribution in [0.1, 0.15) is 40.2 Å². The van der Waals surface area contributed by atoms with E-state index in [4.69, 9.17) is 9.97 Å². The zero-order valence-electron chi connectivity index (χ0n) is 15.4. The predicted octanol–water partition coefficient (Wildman–Crippen LogP) is 4.94. The van der Waals surface area contributed by atoms with E-state index in [0.717, 1.165) is 46.2 Å². The number of hydrogen-bond acceptors (Lipinski definition) is 4. The fourth-order valence-corrected chi connectivity index (χ4v) is 5.06. The molecule has 5 rings (SSSR count). The Hall–Kier alpha value is -2.73. The van der Waals surface area contributed by atoms with Gasteiger partial charge in [0.15, 0.2) is 0 Å². The molecule has 0 fully saturated rings. The lowest BCUT2D eigenvalue weighted by Crippen LogP contribution is -2.17. The molecular weight excluding hydrogens is 354 g/mol. The second kappa shape index (κ2) is 6.46. The van der Waals surface area contributed by atoms with Crippen molar-refractivity contribution in [3.8, 4) is 22.6 Å². The molecule has 1 aromatic carbocycles. The minimum atomic E-state index is 0.217. The summed E-state index contributed by atoms with van der Waals surface area (Å²) in [6.07, 6.45) is 7.12. The number of rotatable bonds is 3. The lowest BCUT2D eigenvalue weighted by Gasteiger charge is -2.24. The van der Waals surface area contributed by atoms with Crippen LogP contribution in [0.2, 0.25) is 0 Å². The van der Waals surface area contributed by atoms with Crippen LogP contribution in [0.15, 0.2) is 43.0 Å². The van der Waals surface area contributed by atoms with E-state index in [-0.39, 0.29) is 6.04 Å². The summed E-state index contributed by atoms with van der Waals surface area (Å²) in [6, 6.07) is 10.6. The third-order valence-corrected chi connectivity index (χ3v) is 6.31. The van der Waals surface area contributed by atoms with Crippen molar-refractivity contribution in [1.82, 2.24) is 24.5 Å². The number of nitrogens with zero attached hydrogens (tertiary/aromatic N) is 4. The third-order valence-electron chi connectivity index (χ3n) is 5.26. The summed E-state index contributed by atoms with van der Waals surface area (Å²) in [5, 5.41) is 1.15. The Morgan fingerprint density at radius 3 is 2.74 bits per heavy atom. The number of thiazole rings is 1. The lowest BCUT2D eigenvalue weighted by atomic mass is 9.96. The minimum Gasteiger partial charge on any atom is -0.348 e. The number of aryl methyl sites for hydroxylation is 3. The van der Waals surface area contributed by atoms with Gasteiger partial charge in [0.25, 0.3) is 0 Å². The Kier molecular flexibility index (Phi) is 3.93. The first-order chi connectivity index (χ1) is 13.2. The van der Waals surface area contributed by atoms with Gasteiger partial charge in [-0.15, -0.1) is 11.3 Å². The molecule has 136 valence electrons. The monoisotopic (exact) mass is 375 g/mol. The first kappa shape index (κ1) is 16.4. The average Bonchev–Trinajstić information content (AvgIpc) is 3.38. The maximum atomic E-state index is 4.88. The van der Waals surface area contributed by atoms with E-state index in [1.54, 1.807) is 6.33 Å². The maximum Gasteiger partial charge on any atom is 0.110 e.